The molecule has 0 spiro atoms. The maximum absolute atomic E-state index is 12.3. The summed E-state index contributed by atoms with van der Waals surface area (Å²) in [4.78, 5) is 23.9. The molecule has 6 nitrogen and oxygen atoms in total. The van der Waals surface area contributed by atoms with E-state index in [4.69, 9.17) is 4.74 Å². The molecule has 0 aliphatic heterocycles. The van der Waals surface area contributed by atoms with Gasteiger partial charge in [0.25, 0.3) is 0 Å². The molecule has 0 bridgehead atoms. The van der Waals surface area contributed by atoms with E-state index in [2.05, 4.69) is 20.3 Å². The molecular formula is C16H20N4O2. The molecule has 1 aliphatic rings. The van der Waals surface area contributed by atoms with Gasteiger partial charge in [-0.05, 0) is 25.3 Å². The highest BCUT2D eigenvalue weighted by atomic mass is 16.5. The Labute approximate surface area is 129 Å². The average Bonchev–Trinajstić information content (AvgIpc) is 3.01. The van der Waals surface area contributed by atoms with Crippen molar-refractivity contribution in [2.45, 2.75) is 32.7 Å². The van der Waals surface area contributed by atoms with E-state index in [1.807, 2.05) is 19.1 Å². The second kappa shape index (κ2) is 6.60. The minimum absolute atomic E-state index is 0.0172. The molecular weight excluding hydrogens is 280 g/mol. The fraction of sp³-hybridized carbons (Fsp3) is 0.438. The highest BCUT2D eigenvalue weighted by Gasteiger charge is 2.25. The number of carbonyl (C=O) groups excluding carboxylic acids is 1. The SMILES string of the molecule is CCOc1ccc(CNC(=O)[C@@H]2CCc3nc[nH]c3C2)cn1. The molecule has 116 valence electrons. The summed E-state index contributed by atoms with van der Waals surface area (Å²) in [6.45, 7) is 3.01. The molecule has 1 aliphatic carbocycles. The van der Waals surface area contributed by atoms with Crippen LogP contribution in [0.3, 0.4) is 0 Å². The quantitative estimate of drug-likeness (QED) is 0.879. The minimum atomic E-state index is 0.0172. The Bertz CT molecular complexity index is 636. The lowest BCUT2D eigenvalue weighted by atomic mass is 9.89. The van der Waals surface area contributed by atoms with Crippen molar-refractivity contribution in [2.24, 2.45) is 5.92 Å². The standard InChI is InChI=1S/C16H20N4O2/c1-2-22-15-6-3-11(8-17-15)9-18-16(21)12-4-5-13-14(7-12)20-10-19-13/h3,6,8,10,12H,2,4-5,7,9H2,1H3,(H,18,21)(H,19,20)/t12-/m1/s1. The molecule has 0 unspecified atom stereocenters. The number of ether oxygens (including phenoxy) is 1. The van der Waals surface area contributed by atoms with Crippen molar-refractivity contribution < 1.29 is 9.53 Å². The van der Waals surface area contributed by atoms with Gasteiger partial charge in [0.1, 0.15) is 0 Å². The molecule has 22 heavy (non-hydrogen) atoms. The van der Waals surface area contributed by atoms with Crippen LogP contribution in [0.5, 0.6) is 5.88 Å². The van der Waals surface area contributed by atoms with E-state index in [0.717, 1.165) is 36.2 Å². The number of fused-ring (bicyclic) bond motifs is 1. The number of rotatable bonds is 5. The Morgan fingerprint density at radius 1 is 1.45 bits per heavy atom. The third kappa shape index (κ3) is 3.27. The van der Waals surface area contributed by atoms with Crippen LogP contribution >= 0.6 is 0 Å². The van der Waals surface area contributed by atoms with E-state index in [1.54, 1.807) is 12.5 Å². The molecule has 2 aromatic heterocycles. The first kappa shape index (κ1) is 14.6. The number of aryl methyl sites for hydroxylation is 1. The number of pyridine rings is 1. The van der Waals surface area contributed by atoms with Crippen LogP contribution in [0.25, 0.3) is 0 Å². The van der Waals surface area contributed by atoms with E-state index in [0.29, 0.717) is 19.0 Å². The predicted octanol–water partition coefficient (Wildman–Crippen LogP) is 1.62. The van der Waals surface area contributed by atoms with Gasteiger partial charge < -0.3 is 15.0 Å². The molecule has 2 heterocycles. The number of carbonyl (C=O) groups is 1. The molecule has 2 aromatic rings. The number of hydrogen-bond acceptors (Lipinski definition) is 4. The summed E-state index contributed by atoms with van der Waals surface area (Å²) in [7, 11) is 0. The zero-order valence-corrected chi connectivity index (χ0v) is 12.6. The number of amides is 1. The van der Waals surface area contributed by atoms with Gasteiger partial charge in [0.2, 0.25) is 11.8 Å². The molecule has 3 rings (SSSR count). The Kier molecular flexibility index (Phi) is 4.37. The maximum atomic E-state index is 12.3. The van der Waals surface area contributed by atoms with Gasteiger partial charge >= 0.3 is 0 Å². The number of nitrogens with zero attached hydrogens (tertiary/aromatic N) is 2. The Balaban J connectivity index is 1.52. The van der Waals surface area contributed by atoms with Gasteiger partial charge in [-0.25, -0.2) is 9.97 Å². The van der Waals surface area contributed by atoms with E-state index in [1.165, 1.54) is 0 Å². The molecule has 0 aromatic carbocycles. The summed E-state index contributed by atoms with van der Waals surface area (Å²) < 4.78 is 5.30. The van der Waals surface area contributed by atoms with Crippen LogP contribution < -0.4 is 10.1 Å². The normalized spacial score (nSPS) is 16.9. The minimum Gasteiger partial charge on any atom is -0.478 e. The van der Waals surface area contributed by atoms with Crippen molar-refractivity contribution >= 4 is 5.91 Å². The van der Waals surface area contributed by atoms with E-state index >= 15 is 0 Å². The fourth-order valence-electron chi connectivity index (χ4n) is 2.71. The molecule has 1 atom stereocenters. The van der Waals surface area contributed by atoms with Crippen molar-refractivity contribution in [1.29, 1.82) is 0 Å². The first-order valence-corrected chi connectivity index (χ1v) is 7.63. The first-order valence-electron chi connectivity index (χ1n) is 7.63. The lowest BCUT2D eigenvalue weighted by Gasteiger charge is -2.20. The fourth-order valence-corrected chi connectivity index (χ4v) is 2.71. The highest BCUT2D eigenvalue weighted by molar-refractivity contribution is 5.79. The summed E-state index contributed by atoms with van der Waals surface area (Å²) >= 11 is 0. The molecule has 1 amide bonds. The van der Waals surface area contributed by atoms with Gasteiger partial charge in [-0.1, -0.05) is 6.07 Å². The first-order chi connectivity index (χ1) is 10.8. The third-order valence-corrected chi connectivity index (χ3v) is 3.91. The monoisotopic (exact) mass is 300 g/mol. The van der Waals surface area contributed by atoms with E-state index < -0.39 is 0 Å². The zero-order chi connectivity index (χ0) is 15.4. The van der Waals surface area contributed by atoms with Gasteiger partial charge in [0, 0.05) is 36.8 Å². The second-order valence-corrected chi connectivity index (χ2v) is 5.42. The number of nitrogens with one attached hydrogen (secondary N) is 2. The molecule has 0 radical (unpaired) electrons. The average molecular weight is 300 g/mol. The predicted molar refractivity (Wildman–Crippen MR) is 81.4 cm³/mol. The summed E-state index contributed by atoms with van der Waals surface area (Å²) in [5.41, 5.74) is 3.16. The lowest BCUT2D eigenvalue weighted by Crippen LogP contribution is -2.33. The van der Waals surface area contributed by atoms with Crippen LogP contribution in [-0.4, -0.2) is 27.5 Å². The Morgan fingerprint density at radius 2 is 2.36 bits per heavy atom. The largest absolute Gasteiger partial charge is 0.478 e. The number of aromatic amines is 1. The molecule has 0 saturated heterocycles. The van der Waals surface area contributed by atoms with Gasteiger partial charge in [0.05, 0.1) is 18.6 Å². The second-order valence-electron chi connectivity index (χ2n) is 5.42. The smallest absolute Gasteiger partial charge is 0.223 e. The van der Waals surface area contributed by atoms with Gasteiger partial charge in [-0.2, -0.15) is 0 Å². The van der Waals surface area contributed by atoms with Gasteiger partial charge in [0.15, 0.2) is 0 Å². The van der Waals surface area contributed by atoms with Crippen molar-refractivity contribution in [3.05, 3.63) is 41.6 Å². The lowest BCUT2D eigenvalue weighted by molar-refractivity contribution is -0.125. The number of H-pyrrole nitrogens is 1. The van der Waals surface area contributed by atoms with Crippen molar-refractivity contribution in [3.63, 3.8) is 0 Å². The van der Waals surface area contributed by atoms with Crippen molar-refractivity contribution in [1.82, 2.24) is 20.3 Å². The van der Waals surface area contributed by atoms with Crippen LogP contribution in [0.15, 0.2) is 24.7 Å². The topological polar surface area (TPSA) is 79.9 Å². The molecule has 0 saturated carbocycles. The summed E-state index contributed by atoms with van der Waals surface area (Å²) in [6, 6.07) is 3.74. The zero-order valence-electron chi connectivity index (χ0n) is 12.6. The molecule has 2 N–H and O–H groups in total. The van der Waals surface area contributed by atoms with Gasteiger partial charge in [-0.3, -0.25) is 4.79 Å². The summed E-state index contributed by atoms with van der Waals surface area (Å²) in [5, 5.41) is 2.99. The Morgan fingerprint density at radius 3 is 3.14 bits per heavy atom. The van der Waals surface area contributed by atoms with Crippen LogP contribution in [0.2, 0.25) is 0 Å². The van der Waals surface area contributed by atoms with Crippen LogP contribution in [-0.2, 0) is 24.2 Å². The van der Waals surface area contributed by atoms with E-state index in [9.17, 15) is 4.79 Å². The van der Waals surface area contributed by atoms with E-state index in [-0.39, 0.29) is 11.8 Å². The summed E-state index contributed by atoms with van der Waals surface area (Å²) in [5.74, 6) is 0.717. The Hall–Kier alpha value is -2.37. The molecule has 6 heteroatoms. The third-order valence-electron chi connectivity index (χ3n) is 3.91. The highest BCUT2D eigenvalue weighted by Crippen LogP contribution is 2.23. The number of aromatic nitrogens is 3. The van der Waals surface area contributed by atoms with Crippen LogP contribution in [0, 0.1) is 5.92 Å². The molecule has 0 fully saturated rings. The van der Waals surface area contributed by atoms with Crippen LogP contribution in [0.4, 0.5) is 0 Å². The van der Waals surface area contributed by atoms with Crippen molar-refractivity contribution in [2.75, 3.05) is 6.61 Å². The number of hydrogen-bond donors (Lipinski definition) is 2. The van der Waals surface area contributed by atoms with Crippen molar-refractivity contribution in [3.8, 4) is 5.88 Å². The van der Waals surface area contributed by atoms with Gasteiger partial charge in [-0.15, -0.1) is 0 Å². The maximum Gasteiger partial charge on any atom is 0.223 e. The summed E-state index contributed by atoms with van der Waals surface area (Å²) in [6.07, 6.45) is 5.89. The van der Waals surface area contributed by atoms with Crippen LogP contribution in [0.1, 0.15) is 30.3 Å². The number of imidazole rings is 1.